The van der Waals surface area contributed by atoms with Crippen LogP contribution >= 0.6 is 23.6 Å². The zero-order chi connectivity index (χ0) is 12.4. The molecule has 3 heterocycles. The summed E-state index contributed by atoms with van der Waals surface area (Å²) in [5.41, 5.74) is 0. The molecule has 1 aliphatic rings. The van der Waals surface area contributed by atoms with E-state index in [2.05, 4.69) is 32.3 Å². The third-order valence-corrected chi connectivity index (χ3v) is 4.35. The molecule has 1 N–H and O–H groups in total. The highest BCUT2D eigenvalue weighted by Gasteiger charge is 2.18. The van der Waals surface area contributed by atoms with E-state index >= 15 is 0 Å². The van der Waals surface area contributed by atoms with Gasteiger partial charge in [0.1, 0.15) is 5.82 Å². The molecule has 1 atom stereocenters. The minimum atomic E-state index is 0.288. The summed E-state index contributed by atoms with van der Waals surface area (Å²) in [4.78, 5) is 1.30. The van der Waals surface area contributed by atoms with E-state index in [9.17, 15) is 0 Å². The molecule has 1 aliphatic heterocycles. The number of rotatable bonds is 4. The van der Waals surface area contributed by atoms with E-state index in [4.69, 9.17) is 17.0 Å². The van der Waals surface area contributed by atoms with Crippen LogP contribution in [0.1, 0.15) is 23.5 Å². The maximum atomic E-state index is 5.67. The normalized spacial score (nSPS) is 19.4. The van der Waals surface area contributed by atoms with Crippen LogP contribution in [0.4, 0.5) is 0 Å². The first-order chi connectivity index (χ1) is 8.83. The second kappa shape index (κ2) is 5.34. The van der Waals surface area contributed by atoms with Gasteiger partial charge < -0.3 is 9.30 Å². The van der Waals surface area contributed by atoms with Crippen LogP contribution in [0.2, 0.25) is 0 Å². The molecule has 0 unspecified atom stereocenters. The Bertz CT molecular complexity index is 552. The molecule has 2 aromatic rings. The van der Waals surface area contributed by atoms with Gasteiger partial charge in [-0.25, -0.2) is 0 Å². The van der Waals surface area contributed by atoms with Crippen LogP contribution in [0.25, 0.3) is 0 Å². The Hall–Kier alpha value is -0.980. The quantitative estimate of drug-likeness (QED) is 0.876. The van der Waals surface area contributed by atoms with E-state index in [1.54, 1.807) is 11.3 Å². The lowest BCUT2D eigenvalue weighted by atomic mass is 10.2. The fourth-order valence-corrected chi connectivity index (χ4v) is 3.16. The largest absolute Gasteiger partial charge is 0.376 e. The average Bonchev–Trinajstić information content (AvgIpc) is 3.08. The van der Waals surface area contributed by atoms with Gasteiger partial charge in [-0.05, 0) is 36.5 Å². The number of hydrogen-bond acceptors (Lipinski definition) is 4. The van der Waals surface area contributed by atoms with Crippen molar-refractivity contribution in [3.63, 3.8) is 0 Å². The van der Waals surface area contributed by atoms with Crippen molar-refractivity contribution in [1.82, 2.24) is 14.8 Å². The minimum absolute atomic E-state index is 0.288. The zero-order valence-electron chi connectivity index (χ0n) is 9.96. The minimum Gasteiger partial charge on any atom is -0.376 e. The molecule has 4 nitrogen and oxygen atoms in total. The summed E-state index contributed by atoms with van der Waals surface area (Å²) in [6.45, 7) is 1.69. The van der Waals surface area contributed by atoms with Crippen molar-refractivity contribution in [2.24, 2.45) is 0 Å². The highest BCUT2D eigenvalue weighted by molar-refractivity contribution is 7.71. The zero-order valence-corrected chi connectivity index (χ0v) is 11.6. The van der Waals surface area contributed by atoms with Gasteiger partial charge in [0, 0.05) is 17.9 Å². The van der Waals surface area contributed by atoms with Crippen LogP contribution in [0.15, 0.2) is 17.5 Å². The van der Waals surface area contributed by atoms with E-state index in [-0.39, 0.29) is 6.10 Å². The van der Waals surface area contributed by atoms with Crippen molar-refractivity contribution in [2.45, 2.75) is 31.9 Å². The molecule has 0 saturated carbocycles. The summed E-state index contributed by atoms with van der Waals surface area (Å²) in [5.74, 6) is 0.998. The summed E-state index contributed by atoms with van der Waals surface area (Å²) in [6.07, 6.45) is 3.38. The number of nitrogens with zero attached hydrogens (tertiary/aromatic N) is 2. The number of H-pyrrole nitrogens is 1. The van der Waals surface area contributed by atoms with Crippen molar-refractivity contribution < 1.29 is 4.74 Å². The molecule has 0 amide bonds. The monoisotopic (exact) mass is 281 g/mol. The van der Waals surface area contributed by atoms with E-state index in [1.165, 1.54) is 4.88 Å². The Labute approximate surface area is 115 Å². The van der Waals surface area contributed by atoms with E-state index in [0.29, 0.717) is 4.77 Å². The summed E-state index contributed by atoms with van der Waals surface area (Å²) >= 11 is 7.04. The number of nitrogens with one attached hydrogen (secondary N) is 1. The number of ether oxygens (including phenoxy) is 1. The Kier molecular flexibility index (Phi) is 3.58. The molecule has 1 saturated heterocycles. The number of aromatic amines is 1. The Balaban J connectivity index is 1.79. The fourth-order valence-electron chi connectivity index (χ4n) is 2.23. The smallest absolute Gasteiger partial charge is 0.195 e. The van der Waals surface area contributed by atoms with Crippen LogP contribution in [-0.4, -0.2) is 27.5 Å². The predicted octanol–water partition coefficient (Wildman–Crippen LogP) is 2.77. The topological polar surface area (TPSA) is 42.8 Å². The Morgan fingerprint density at radius 2 is 2.56 bits per heavy atom. The van der Waals surface area contributed by atoms with Crippen LogP contribution in [-0.2, 0) is 17.7 Å². The molecule has 3 rings (SSSR count). The first-order valence-electron chi connectivity index (χ1n) is 6.11. The second-order valence-electron chi connectivity index (χ2n) is 4.45. The first kappa shape index (κ1) is 12.1. The average molecular weight is 281 g/mol. The van der Waals surface area contributed by atoms with Crippen LogP contribution in [0.3, 0.4) is 0 Å². The summed E-state index contributed by atoms with van der Waals surface area (Å²) in [7, 11) is 0. The van der Waals surface area contributed by atoms with Gasteiger partial charge in [-0.15, -0.1) is 11.3 Å². The van der Waals surface area contributed by atoms with Gasteiger partial charge in [0.2, 0.25) is 0 Å². The lowest BCUT2D eigenvalue weighted by Crippen LogP contribution is -2.17. The maximum Gasteiger partial charge on any atom is 0.195 e. The molecule has 0 bridgehead atoms. The van der Waals surface area contributed by atoms with Crippen molar-refractivity contribution in [3.05, 3.63) is 33.0 Å². The SMILES string of the molecule is S=c1[nH]nc(Cc2cccs2)n1C[C@@H]1CCCO1. The molecule has 96 valence electrons. The third kappa shape index (κ3) is 2.55. The molecule has 0 aliphatic carbocycles. The third-order valence-electron chi connectivity index (χ3n) is 3.16. The molecular formula is C12H15N3OS2. The Morgan fingerprint density at radius 1 is 1.61 bits per heavy atom. The van der Waals surface area contributed by atoms with E-state index in [1.807, 2.05) is 0 Å². The maximum absolute atomic E-state index is 5.67. The summed E-state index contributed by atoms with van der Waals surface area (Å²) in [6, 6.07) is 4.19. The van der Waals surface area contributed by atoms with Gasteiger partial charge in [-0.2, -0.15) is 5.10 Å². The molecule has 6 heteroatoms. The van der Waals surface area contributed by atoms with Crippen molar-refractivity contribution >= 4 is 23.6 Å². The fraction of sp³-hybridized carbons (Fsp3) is 0.500. The van der Waals surface area contributed by atoms with Crippen LogP contribution < -0.4 is 0 Å². The molecule has 2 aromatic heterocycles. The molecule has 0 aromatic carbocycles. The highest BCUT2D eigenvalue weighted by atomic mass is 32.1. The van der Waals surface area contributed by atoms with E-state index in [0.717, 1.165) is 38.2 Å². The number of thiophene rings is 1. The van der Waals surface area contributed by atoms with Gasteiger partial charge in [0.25, 0.3) is 0 Å². The predicted molar refractivity (Wildman–Crippen MR) is 73.5 cm³/mol. The van der Waals surface area contributed by atoms with Crippen molar-refractivity contribution in [2.75, 3.05) is 6.61 Å². The van der Waals surface area contributed by atoms with Gasteiger partial charge in [0.15, 0.2) is 4.77 Å². The molecule has 18 heavy (non-hydrogen) atoms. The summed E-state index contributed by atoms with van der Waals surface area (Å²) < 4.78 is 8.43. The van der Waals surface area contributed by atoms with Gasteiger partial charge in [-0.3, -0.25) is 5.10 Å². The molecular weight excluding hydrogens is 266 g/mol. The Morgan fingerprint density at radius 3 is 3.28 bits per heavy atom. The standard InChI is InChI=1S/C12H15N3OS2/c17-12-14-13-11(7-10-4-2-6-18-10)15(12)8-9-3-1-5-16-9/h2,4,6,9H,1,3,5,7-8H2,(H,14,17)/t9-/m0/s1. The first-order valence-corrected chi connectivity index (χ1v) is 7.40. The number of hydrogen-bond donors (Lipinski definition) is 1. The number of aromatic nitrogens is 3. The summed E-state index contributed by atoms with van der Waals surface area (Å²) in [5, 5.41) is 9.30. The van der Waals surface area contributed by atoms with Crippen molar-refractivity contribution in [3.8, 4) is 0 Å². The molecule has 1 fully saturated rings. The molecule has 0 radical (unpaired) electrons. The van der Waals surface area contributed by atoms with Gasteiger partial charge in [-0.1, -0.05) is 6.07 Å². The lowest BCUT2D eigenvalue weighted by molar-refractivity contribution is 0.0960. The van der Waals surface area contributed by atoms with Crippen molar-refractivity contribution in [1.29, 1.82) is 0 Å². The van der Waals surface area contributed by atoms with Crippen LogP contribution in [0, 0.1) is 4.77 Å². The second-order valence-corrected chi connectivity index (χ2v) is 5.87. The van der Waals surface area contributed by atoms with E-state index < -0.39 is 0 Å². The highest BCUT2D eigenvalue weighted by Crippen LogP contribution is 2.17. The van der Waals surface area contributed by atoms with Gasteiger partial charge in [0.05, 0.1) is 12.6 Å². The lowest BCUT2D eigenvalue weighted by Gasteiger charge is -2.11. The van der Waals surface area contributed by atoms with Gasteiger partial charge >= 0.3 is 0 Å². The molecule has 0 spiro atoms. The van der Waals surface area contributed by atoms with Crippen LogP contribution in [0.5, 0.6) is 0 Å².